The number of nitrogens with two attached hydrogens (primary N) is 1. The van der Waals surface area contributed by atoms with E-state index < -0.39 is 5.54 Å². The van der Waals surface area contributed by atoms with Crippen molar-refractivity contribution < 1.29 is 19.0 Å². The van der Waals surface area contributed by atoms with Crippen molar-refractivity contribution in [3.8, 4) is 17.2 Å². The van der Waals surface area contributed by atoms with Gasteiger partial charge in [-0.2, -0.15) is 0 Å². The lowest BCUT2D eigenvalue weighted by atomic mass is 9.73. The van der Waals surface area contributed by atoms with Crippen LogP contribution in [0.1, 0.15) is 47.4 Å². The van der Waals surface area contributed by atoms with Crippen LogP contribution >= 0.6 is 0 Å². The van der Waals surface area contributed by atoms with E-state index in [2.05, 4.69) is 72.8 Å². The monoisotopic (exact) mass is 588 g/mol. The Labute approximate surface area is 260 Å². The first-order valence-corrected chi connectivity index (χ1v) is 15.1. The smallest absolute Gasteiger partial charge is 0.221 e. The number of amides is 1. The summed E-state index contributed by atoms with van der Waals surface area (Å²) in [4.78, 5) is 16.6. The standard InChI is InChI=1S/C38H40N2O4/c1-42-33-17-18-36(43-2)31(26-33)25-32-19-21-40-38(32,20-10-22-44-34-16-9-11-28(23-34)24-37(39)41)27-35(29-12-5-3-6-13-29)30-14-7-4-8-15-30/h3-9,11-19,21,23,26,35H,10,20,22,24-25,27H2,1-2H3,(H2,39,41). The minimum Gasteiger partial charge on any atom is -0.497 e. The van der Waals surface area contributed by atoms with E-state index in [1.54, 1.807) is 14.2 Å². The van der Waals surface area contributed by atoms with Crippen molar-refractivity contribution in [3.05, 3.63) is 137 Å². The maximum Gasteiger partial charge on any atom is 0.221 e. The van der Waals surface area contributed by atoms with E-state index >= 15 is 0 Å². The van der Waals surface area contributed by atoms with E-state index in [1.165, 1.54) is 16.7 Å². The molecule has 4 aromatic rings. The molecular formula is C38H40N2O4. The molecule has 0 aliphatic carbocycles. The van der Waals surface area contributed by atoms with Gasteiger partial charge >= 0.3 is 0 Å². The third-order valence-corrected chi connectivity index (χ3v) is 8.29. The summed E-state index contributed by atoms with van der Waals surface area (Å²) in [6.07, 6.45) is 7.41. The number of ether oxygens (including phenoxy) is 3. The first-order chi connectivity index (χ1) is 21.5. The molecule has 1 aliphatic heterocycles. The molecule has 1 aliphatic rings. The lowest BCUT2D eigenvalue weighted by Crippen LogP contribution is -2.32. The van der Waals surface area contributed by atoms with Crippen molar-refractivity contribution in [2.45, 2.75) is 43.6 Å². The van der Waals surface area contributed by atoms with Crippen LogP contribution in [0.5, 0.6) is 17.2 Å². The first-order valence-electron chi connectivity index (χ1n) is 15.1. The normalized spacial score (nSPS) is 15.7. The zero-order valence-corrected chi connectivity index (χ0v) is 25.4. The fourth-order valence-corrected chi connectivity index (χ4v) is 6.11. The van der Waals surface area contributed by atoms with Gasteiger partial charge in [0.25, 0.3) is 0 Å². The predicted octanol–water partition coefficient (Wildman–Crippen LogP) is 7.11. The van der Waals surface area contributed by atoms with Gasteiger partial charge in [-0.3, -0.25) is 9.79 Å². The van der Waals surface area contributed by atoms with Crippen molar-refractivity contribution in [3.63, 3.8) is 0 Å². The number of primary amides is 1. The molecule has 1 amide bonds. The van der Waals surface area contributed by atoms with Crippen molar-refractivity contribution in [2.24, 2.45) is 10.7 Å². The number of carbonyl (C=O) groups excluding carboxylic acids is 1. The number of hydrogen-bond acceptors (Lipinski definition) is 5. The van der Waals surface area contributed by atoms with Crippen LogP contribution in [0.25, 0.3) is 0 Å². The second-order valence-corrected chi connectivity index (χ2v) is 11.2. The second kappa shape index (κ2) is 14.6. The summed E-state index contributed by atoms with van der Waals surface area (Å²) in [6.45, 7) is 0.522. The Morgan fingerprint density at radius 3 is 2.23 bits per heavy atom. The van der Waals surface area contributed by atoms with Crippen LogP contribution in [0.3, 0.4) is 0 Å². The van der Waals surface area contributed by atoms with Gasteiger partial charge in [0.2, 0.25) is 5.91 Å². The second-order valence-electron chi connectivity index (χ2n) is 11.2. The lowest BCUT2D eigenvalue weighted by molar-refractivity contribution is -0.117. The van der Waals surface area contributed by atoms with Crippen LogP contribution in [-0.4, -0.2) is 38.5 Å². The van der Waals surface area contributed by atoms with Crippen LogP contribution in [-0.2, 0) is 17.6 Å². The van der Waals surface area contributed by atoms with Gasteiger partial charge in [-0.05, 0) is 84.4 Å². The third-order valence-electron chi connectivity index (χ3n) is 8.29. The number of carbonyl (C=O) groups is 1. The summed E-state index contributed by atoms with van der Waals surface area (Å²) in [6, 6.07) is 34.9. The van der Waals surface area contributed by atoms with Crippen molar-refractivity contribution in [2.75, 3.05) is 20.8 Å². The number of aliphatic imine (C=N–C) groups is 1. The van der Waals surface area contributed by atoms with Gasteiger partial charge in [0, 0.05) is 17.7 Å². The summed E-state index contributed by atoms with van der Waals surface area (Å²) in [5.74, 6) is 2.14. The van der Waals surface area contributed by atoms with E-state index in [0.29, 0.717) is 13.0 Å². The molecule has 2 N–H and O–H groups in total. The number of rotatable bonds is 15. The number of allylic oxidation sites excluding steroid dienone is 1. The highest BCUT2D eigenvalue weighted by molar-refractivity contribution is 5.78. The fraction of sp³-hybridized carbons (Fsp3) is 0.263. The third kappa shape index (κ3) is 7.56. The molecule has 0 saturated carbocycles. The first kappa shape index (κ1) is 30.6. The molecule has 0 fully saturated rings. The predicted molar refractivity (Wildman–Crippen MR) is 176 cm³/mol. The van der Waals surface area contributed by atoms with Crippen LogP contribution < -0.4 is 19.9 Å². The van der Waals surface area contributed by atoms with E-state index in [0.717, 1.165) is 47.6 Å². The molecular weight excluding hydrogens is 548 g/mol. The molecule has 4 aromatic carbocycles. The molecule has 226 valence electrons. The SMILES string of the molecule is COc1ccc(OC)c(CC2=CC=NC2(CCCOc2cccc(CC(N)=O)c2)CC(c2ccccc2)c2ccccc2)c1. The summed E-state index contributed by atoms with van der Waals surface area (Å²) >= 11 is 0. The highest BCUT2D eigenvalue weighted by Crippen LogP contribution is 2.44. The van der Waals surface area contributed by atoms with Gasteiger partial charge in [-0.1, -0.05) is 72.8 Å². The average molecular weight is 589 g/mol. The van der Waals surface area contributed by atoms with Gasteiger partial charge in [0.05, 0.1) is 32.8 Å². The summed E-state index contributed by atoms with van der Waals surface area (Å²) in [5.41, 5.74) is 10.6. The molecule has 0 bridgehead atoms. The Hall–Kier alpha value is -4.84. The molecule has 0 radical (unpaired) electrons. The largest absolute Gasteiger partial charge is 0.497 e. The van der Waals surface area contributed by atoms with Crippen molar-refractivity contribution >= 4 is 12.1 Å². The van der Waals surface area contributed by atoms with Gasteiger partial charge in [0.15, 0.2) is 0 Å². The highest BCUT2D eigenvalue weighted by Gasteiger charge is 2.39. The quantitative estimate of drug-likeness (QED) is 0.150. The molecule has 0 saturated heterocycles. The van der Waals surface area contributed by atoms with Crippen LogP contribution in [0, 0.1) is 0 Å². The molecule has 1 heterocycles. The Morgan fingerprint density at radius 2 is 1.57 bits per heavy atom. The minimum atomic E-state index is -0.443. The van der Waals surface area contributed by atoms with Crippen molar-refractivity contribution in [1.29, 1.82) is 0 Å². The molecule has 6 heteroatoms. The molecule has 0 spiro atoms. The van der Waals surface area contributed by atoms with E-state index in [-0.39, 0.29) is 18.2 Å². The topological polar surface area (TPSA) is 83.1 Å². The Balaban J connectivity index is 1.43. The fourth-order valence-electron chi connectivity index (χ4n) is 6.11. The van der Waals surface area contributed by atoms with Gasteiger partial charge in [-0.15, -0.1) is 0 Å². The lowest BCUT2D eigenvalue weighted by Gasteiger charge is -2.35. The van der Waals surface area contributed by atoms with Gasteiger partial charge < -0.3 is 19.9 Å². The Kier molecular flexibility index (Phi) is 10.1. The maximum absolute atomic E-state index is 11.4. The zero-order chi connectivity index (χ0) is 30.8. The molecule has 6 nitrogen and oxygen atoms in total. The van der Waals surface area contributed by atoms with E-state index in [1.807, 2.05) is 42.6 Å². The molecule has 5 rings (SSSR count). The van der Waals surface area contributed by atoms with Gasteiger partial charge in [-0.25, -0.2) is 0 Å². The summed E-state index contributed by atoms with van der Waals surface area (Å²) in [5, 5.41) is 0. The van der Waals surface area contributed by atoms with Crippen LogP contribution in [0.2, 0.25) is 0 Å². The van der Waals surface area contributed by atoms with E-state index in [9.17, 15) is 4.79 Å². The Morgan fingerprint density at radius 1 is 0.841 bits per heavy atom. The Bertz CT molecular complexity index is 1560. The molecule has 1 unspecified atom stereocenters. The number of benzene rings is 4. The minimum absolute atomic E-state index is 0.148. The number of methoxy groups -OCH3 is 2. The molecule has 44 heavy (non-hydrogen) atoms. The molecule has 0 aromatic heterocycles. The number of nitrogens with zero attached hydrogens (tertiary/aromatic N) is 1. The zero-order valence-electron chi connectivity index (χ0n) is 25.4. The number of hydrogen-bond donors (Lipinski definition) is 1. The maximum atomic E-state index is 11.4. The summed E-state index contributed by atoms with van der Waals surface area (Å²) < 4.78 is 17.5. The average Bonchev–Trinajstić information content (AvgIpc) is 3.44. The van der Waals surface area contributed by atoms with Crippen LogP contribution in [0.15, 0.2) is 120 Å². The van der Waals surface area contributed by atoms with Crippen molar-refractivity contribution in [1.82, 2.24) is 0 Å². The van der Waals surface area contributed by atoms with Crippen LogP contribution in [0.4, 0.5) is 0 Å². The highest BCUT2D eigenvalue weighted by atomic mass is 16.5. The molecule has 1 atom stereocenters. The van der Waals surface area contributed by atoms with Gasteiger partial charge in [0.1, 0.15) is 17.2 Å². The van der Waals surface area contributed by atoms with E-state index in [4.69, 9.17) is 24.9 Å². The summed E-state index contributed by atoms with van der Waals surface area (Å²) in [7, 11) is 3.39.